The second-order valence-corrected chi connectivity index (χ2v) is 5.15. The number of hydrogen-bond donors (Lipinski definition) is 2. The number of nitrogens with two attached hydrogens (primary N) is 1. The fourth-order valence-electron chi connectivity index (χ4n) is 2.38. The zero-order chi connectivity index (χ0) is 14.0. The van der Waals surface area contributed by atoms with Gasteiger partial charge in [-0.25, -0.2) is 0 Å². The molecule has 0 amide bonds. The molecule has 4 heteroatoms. The zero-order valence-corrected chi connectivity index (χ0v) is 11.4. The molecular weight excluding hydrogens is 240 g/mol. The number of nitrogens with zero attached hydrogens (tertiary/aromatic N) is 1. The summed E-state index contributed by atoms with van der Waals surface area (Å²) >= 11 is 0. The quantitative estimate of drug-likeness (QED) is 0.867. The third-order valence-corrected chi connectivity index (χ3v) is 3.37. The first kappa shape index (κ1) is 13.6. The van der Waals surface area contributed by atoms with E-state index in [0.29, 0.717) is 12.5 Å². The summed E-state index contributed by atoms with van der Waals surface area (Å²) in [7, 11) is 0. The van der Waals surface area contributed by atoms with Crippen molar-refractivity contribution in [1.29, 1.82) is 0 Å². The van der Waals surface area contributed by atoms with Gasteiger partial charge in [0, 0.05) is 17.1 Å². The Hall–Kier alpha value is -1.81. The van der Waals surface area contributed by atoms with E-state index in [1.165, 1.54) is 5.56 Å². The second kappa shape index (κ2) is 5.45. The van der Waals surface area contributed by atoms with E-state index in [9.17, 15) is 4.79 Å². The van der Waals surface area contributed by atoms with Gasteiger partial charge in [-0.1, -0.05) is 19.9 Å². The summed E-state index contributed by atoms with van der Waals surface area (Å²) in [6.45, 7) is 4.86. The Morgan fingerprint density at radius 3 is 2.74 bits per heavy atom. The van der Waals surface area contributed by atoms with Gasteiger partial charge in [-0.15, -0.1) is 0 Å². The third-order valence-electron chi connectivity index (χ3n) is 3.37. The zero-order valence-electron chi connectivity index (χ0n) is 11.4. The standard InChI is InChI=1S/C15H20N2O2/c1-10(2)11-3-4-14-13(7-11)12(5-6-16)8-17(14)9-15(18)19/h3-4,7-8,10H,5-6,9,16H2,1-2H3,(H,18,19). The number of fused-ring (bicyclic) bond motifs is 1. The monoisotopic (exact) mass is 260 g/mol. The maximum Gasteiger partial charge on any atom is 0.323 e. The van der Waals surface area contributed by atoms with Gasteiger partial charge in [-0.05, 0) is 42.1 Å². The van der Waals surface area contributed by atoms with Crippen LogP contribution in [-0.2, 0) is 17.8 Å². The summed E-state index contributed by atoms with van der Waals surface area (Å²) in [5.41, 5.74) is 8.99. The lowest BCUT2D eigenvalue weighted by Gasteiger charge is -2.07. The van der Waals surface area contributed by atoms with Crippen molar-refractivity contribution in [2.45, 2.75) is 32.7 Å². The Balaban J connectivity index is 2.57. The Kier molecular flexibility index (Phi) is 3.90. The molecule has 0 aliphatic rings. The van der Waals surface area contributed by atoms with Gasteiger partial charge in [0.15, 0.2) is 0 Å². The van der Waals surface area contributed by atoms with Gasteiger partial charge < -0.3 is 15.4 Å². The Morgan fingerprint density at radius 1 is 1.42 bits per heavy atom. The smallest absolute Gasteiger partial charge is 0.323 e. The SMILES string of the molecule is CC(C)c1ccc2c(c1)c(CCN)cn2CC(=O)O. The minimum atomic E-state index is -0.830. The molecule has 0 unspecified atom stereocenters. The van der Waals surface area contributed by atoms with Crippen LogP contribution in [0.5, 0.6) is 0 Å². The fraction of sp³-hybridized carbons (Fsp3) is 0.400. The van der Waals surface area contributed by atoms with Crippen LogP contribution in [0.4, 0.5) is 0 Å². The second-order valence-electron chi connectivity index (χ2n) is 5.15. The normalized spacial score (nSPS) is 11.4. The van der Waals surface area contributed by atoms with Crippen molar-refractivity contribution < 1.29 is 9.90 Å². The van der Waals surface area contributed by atoms with Crippen molar-refractivity contribution in [2.24, 2.45) is 5.73 Å². The summed E-state index contributed by atoms with van der Waals surface area (Å²) in [6, 6.07) is 6.23. The van der Waals surface area contributed by atoms with Crippen LogP contribution in [-0.4, -0.2) is 22.2 Å². The molecule has 19 heavy (non-hydrogen) atoms. The van der Waals surface area contributed by atoms with E-state index in [1.807, 2.05) is 12.3 Å². The van der Waals surface area contributed by atoms with Crippen molar-refractivity contribution >= 4 is 16.9 Å². The highest BCUT2D eigenvalue weighted by Crippen LogP contribution is 2.26. The summed E-state index contributed by atoms with van der Waals surface area (Å²) in [4.78, 5) is 10.9. The minimum Gasteiger partial charge on any atom is -0.480 e. The van der Waals surface area contributed by atoms with Gasteiger partial charge >= 0.3 is 5.97 Å². The van der Waals surface area contributed by atoms with Crippen LogP contribution >= 0.6 is 0 Å². The van der Waals surface area contributed by atoms with Gasteiger partial charge in [-0.2, -0.15) is 0 Å². The Morgan fingerprint density at radius 2 is 2.16 bits per heavy atom. The summed E-state index contributed by atoms with van der Waals surface area (Å²) in [6.07, 6.45) is 2.68. The van der Waals surface area contributed by atoms with Gasteiger partial charge in [0.05, 0.1) is 0 Å². The lowest BCUT2D eigenvalue weighted by atomic mass is 10.00. The van der Waals surface area contributed by atoms with E-state index >= 15 is 0 Å². The number of benzene rings is 1. The van der Waals surface area contributed by atoms with Crippen molar-refractivity contribution in [3.63, 3.8) is 0 Å². The van der Waals surface area contributed by atoms with Gasteiger partial charge in [0.2, 0.25) is 0 Å². The number of aromatic nitrogens is 1. The molecule has 3 N–H and O–H groups in total. The van der Waals surface area contributed by atoms with Crippen LogP contribution in [0, 0.1) is 0 Å². The fourth-order valence-corrected chi connectivity index (χ4v) is 2.38. The average molecular weight is 260 g/mol. The van der Waals surface area contributed by atoms with Crippen LogP contribution in [0.25, 0.3) is 10.9 Å². The predicted molar refractivity (Wildman–Crippen MR) is 76.4 cm³/mol. The average Bonchev–Trinajstić information content (AvgIpc) is 2.67. The molecule has 1 aromatic heterocycles. The van der Waals surface area contributed by atoms with E-state index < -0.39 is 5.97 Å². The first-order chi connectivity index (χ1) is 9.02. The molecule has 0 saturated heterocycles. The molecule has 0 atom stereocenters. The first-order valence-electron chi connectivity index (χ1n) is 6.56. The molecule has 0 aliphatic carbocycles. The summed E-state index contributed by atoms with van der Waals surface area (Å²) in [5, 5.41) is 10.1. The molecule has 0 radical (unpaired) electrons. The van der Waals surface area contributed by atoms with Crippen molar-refractivity contribution in [2.75, 3.05) is 6.54 Å². The van der Waals surface area contributed by atoms with E-state index in [2.05, 4.69) is 26.0 Å². The largest absolute Gasteiger partial charge is 0.480 e. The highest BCUT2D eigenvalue weighted by atomic mass is 16.4. The first-order valence-corrected chi connectivity index (χ1v) is 6.56. The van der Waals surface area contributed by atoms with Gasteiger partial charge in [0.1, 0.15) is 6.54 Å². The predicted octanol–water partition coefficient (Wildman–Crippen LogP) is 2.35. The molecule has 2 rings (SSSR count). The van der Waals surface area contributed by atoms with Crippen LogP contribution in [0.2, 0.25) is 0 Å². The van der Waals surface area contributed by atoms with Crippen molar-refractivity contribution in [3.8, 4) is 0 Å². The third kappa shape index (κ3) is 2.79. The number of carboxylic acid groups (broad SMARTS) is 1. The number of hydrogen-bond acceptors (Lipinski definition) is 2. The number of carbonyl (C=O) groups is 1. The summed E-state index contributed by atoms with van der Waals surface area (Å²) in [5.74, 6) is -0.373. The van der Waals surface area contributed by atoms with Gasteiger partial charge in [-0.3, -0.25) is 4.79 Å². The molecule has 102 valence electrons. The molecule has 0 saturated carbocycles. The molecule has 4 nitrogen and oxygen atoms in total. The highest BCUT2D eigenvalue weighted by molar-refractivity contribution is 5.86. The number of carboxylic acids is 1. The maximum absolute atomic E-state index is 10.9. The lowest BCUT2D eigenvalue weighted by Crippen LogP contribution is -2.07. The van der Waals surface area contributed by atoms with Crippen LogP contribution in [0.15, 0.2) is 24.4 Å². The molecular formula is C15H20N2O2. The van der Waals surface area contributed by atoms with Crippen LogP contribution in [0.1, 0.15) is 30.9 Å². The minimum absolute atomic E-state index is 0.0118. The summed E-state index contributed by atoms with van der Waals surface area (Å²) < 4.78 is 1.78. The van der Waals surface area contributed by atoms with Crippen molar-refractivity contribution in [1.82, 2.24) is 4.57 Å². The number of aliphatic carboxylic acids is 1. The molecule has 0 fully saturated rings. The van der Waals surface area contributed by atoms with Crippen LogP contribution in [0.3, 0.4) is 0 Å². The molecule has 0 bridgehead atoms. The van der Waals surface area contributed by atoms with E-state index in [-0.39, 0.29) is 6.54 Å². The van der Waals surface area contributed by atoms with Crippen molar-refractivity contribution in [3.05, 3.63) is 35.5 Å². The van der Waals surface area contributed by atoms with Gasteiger partial charge in [0.25, 0.3) is 0 Å². The molecule has 1 heterocycles. The lowest BCUT2D eigenvalue weighted by molar-refractivity contribution is -0.137. The van der Waals surface area contributed by atoms with E-state index in [4.69, 9.17) is 10.8 Å². The highest BCUT2D eigenvalue weighted by Gasteiger charge is 2.11. The van der Waals surface area contributed by atoms with Crippen LogP contribution < -0.4 is 5.73 Å². The number of rotatable bonds is 5. The topological polar surface area (TPSA) is 68.2 Å². The van der Waals surface area contributed by atoms with E-state index in [1.54, 1.807) is 4.57 Å². The Labute approximate surface area is 112 Å². The Bertz CT molecular complexity index is 599. The van der Waals surface area contributed by atoms with E-state index in [0.717, 1.165) is 22.9 Å². The molecule has 0 spiro atoms. The molecule has 0 aliphatic heterocycles. The molecule has 2 aromatic rings. The maximum atomic E-state index is 10.9. The molecule has 1 aromatic carbocycles.